The lowest BCUT2D eigenvalue weighted by Crippen LogP contribution is -2.46. The van der Waals surface area contributed by atoms with Crippen molar-refractivity contribution >= 4 is 0 Å². The van der Waals surface area contributed by atoms with Gasteiger partial charge in [-0.25, -0.2) is 0 Å². The Morgan fingerprint density at radius 1 is 1.30 bits per heavy atom. The molecule has 1 saturated heterocycles. The van der Waals surface area contributed by atoms with E-state index in [2.05, 4.69) is 49.9 Å². The second kappa shape index (κ2) is 9.29. The molecule has 0 bridgehead atoms. The smallest absolute Gasteiger partial charge is 0.119 e. The van der Waals surface area contributed by atoms with E-state index >= 15 is 0 Å². The van der Waals surface area contributed by atoms with Crippen molar-refractivity contribution in [2.24, 2.45) is 11.7 Å². The maximum atomic E-state index is 6.21. The predicted octanol–water partition coefficient (Wildman–Crippen LogP) is 4.03. The SMILES string of the molecule is CCCOc1cccc(C(CN)C2CCCCN2CC(C)C)c1. The van der Waals surface area contributed by atoms with Crippen molar-refractivity contribution in [3.05, 3.63) is 29.8 Å². The molecule has 0 radical (unpaired) electrons. The van der Waals surface area contributed by atoms with Gasteiger partial charge >= 0.3 is 0 Å². The zero-order valence-corrected chi connectivity index (χ0v) is 15.1. The van der Waals surface area contributed by atoms with Gasteiger partial charge in [-0.15, -0.1) is 0 Å². The monoisotopic (exact) mass is 318 g/mol. The summed E-state index contributed by atoms with van der Waals surface area (Å²) in [6.07, 6.45) is 4.94. The molecule has 130 valence electrons. The van der Waals surface area contributed by atoms with Gasteiger partial charge in [-0.05, 0) is 49.4 Å². The Hall–Kier alpha value is -1.06. The zero-order chi connectivity index (χ0) is 16.7. The number of piperidine rings is 1. The molecule has 2 rings (SSSR count). The number of hydrogen-bond donors (Lipinski definition) is 1. The van der Waals surface area contributed by atoms with Crippen molar-refractivity contribution in [2.45, 2.75) is 58.4 Å². The third kappa shape index (κ3) is 5.22. The van der Waals surface area contributed by atoms with E-state index in [-0.39, 0.29) is 0 Å². The van der Waals surface area contributed by atoms with Gasteiger partial charge in [0.25, 0.3) is 0 Å². The Bertz CT molecular complexity index is 461. The van der Waals surface area contributed by atoms with Crippen molar-refractivity contribution in [3.8, 4) is 5.75 Å². The van der Waals surface area contributed by atoms with Crippen molar-refractivity contribution < 1.29 is 4.74 Å². The maximum Gasteiger partial charge on any atom is 0.119 e. The van der Waals surface area contributed by atoms with Crippen molar-refractivity contribution in [3.63, 3.8) is 0 Å². The Kier molecular flexibility index (Phi) is 7.38. The summed E-state index contributed by atoms with van der Waals surface area (Å²) >= 11 is 0. The molecule has 3 heteroatoms. The maximum absolute atomic E-state index is 6.21. The van der Waals surface area contributed by atoms with Gasteiger partial charge in [-0.3, -0.25) is 4.90 Å². The largest absolute Gasteiger partial charge is 0.494 e. The van der Waals surface area contributed by atoms with E-state index in [9.17, 15) is 0 Å². The fraction of sp³-hybridized carbons (Fsp3) is 0.700. The van der Waals surface area contributed by atoms with E-state index in [1.807, 2.05) is 0 Å². The van der Waals surface area contributed by atoms with E-state index in [0.29, 0.717) is 24.4 Å². The van der Waals surface area contributed by atoms with Crippen LogP contribution in [-0.2, 0) is 0 Å². The minimum atomic E-state index is 0.402. The Morgan fingerprint density at radius 2 is 2.13 bits per heavy atom. The van der Waals surface area contributed by atoms with Gasteiger partial charge in [-0.2, -0.15) is 0 Å². The lowest BCUT2D eigenvalue weighted by Gasteiger charge is -2.41. The van der Waals surface area contributed by atoms with Crippen LogP contribution in [-0.4, -0.2) is 37.2 Å². The molecule has 0 spiro atoms. The zero-order valence-electron chi connectivity index (χ0n) is 15.1. The highest BCUT2D eigenvalue weighted by molar-refractivity contribution is 5.32. The van der Waals surface area contributed by atoms with Gasteiger partial charge in [0.2, 0.25) is 0 Å². The summed E-state index contributed by atoms with van der Waals surface area (Å²) in [5.41, 5.74) is 7.55. The summed E-state index contributed by atoms with van der Waals surface area (Å²) in [7, 11) is 0. The quantitative estimate of drug-likeness (QED) is 0.786. The average molecular weight is 319 g/mol. The fourth-order valence-electron chi connectivity index (χ4n) is 3.74. The molecule has 1 heterocycles. The first-order chi connectivity index (χ1) is 11.2. The molecule has 0 amide bonds. The summed E-state index contributed by atoms with van der Waals surface area (Å²) in [6.45, 7) is 10.6. The normalized spacial score (nSPS) is 20.7. The topological polar surface area (TPSA) is 38.5 Å². The molecule has 0 aliphatic carbocycles. The number of nitrogens with zero attached hydrogens (tertiary/aromatic N) is 1. The van der Waals surface area contributed by atoms with Crippen LogP contribution in [0.3, 0.4) is 0 Å². The number of nitrogens with two attached hydrogens (primary N) is 1. The number of benzene rings is 1. The molecule has 2 unspecified atom stereocenters. The first-order valence-corrected chi connectivity index (χ1v) is 9.32. The molecule has 1 aliphatic rings. The molecule has 0 saturated carbocycles. The van der Waals surface area contributed by atoms with Crippen molar-refractivity contribution in [2.75, 3.05) is 26.2 Å². The molecular formula is C20H34N2O. The molecule has 2 N–H and O–H groups in total. The summed E-state index contributed by atoms with van der Waals surface area (Å²) < 4.78 is 5.81. The van der Waals surface area contributed by atoms with E-state index in [0.717, 1.165) is 18.8 Å². The first-order valence-electron chi connectivity index (χ1n) is 9.32. The lowest BCUT2D eigenvalue weighted by molar-refractivity contribution is 0.112. The second-order valence-corrected chi connectivity index (χ2v) is 7.22. The third-order valence-electron chi connectivity index (χ3n) is 4.74. The van der Waals surface area contributed by atoms with Gasteiger partial charge in [-0.1, -0.05) is 39.3 Å². The lowest BCUT2D eigenvalue weighted by atomic mass is 9.84. The number of rotatable bonds is 8. The van der Waals surface area contributed by atoms with Crippen LogP contribution in [0.2, 0.25) is 0 Å². The summed E-state index contributed by atoms with van der Waals surface area (Å²) in [5, 5.41) is 0. The Morgan fingerprint density at radius 3 is 2.83 bits per heavy atom. The van der Waals surface area contributed by atoms with Gasteiger partial charge in [0, 0.05) is 25.0 Å². The molecule has 2 atom stereocenters. The molecule has 1 aromatic carbocycles. The molecule has 1 fully saturated rings. The molecule has 23 heavy (non-hydrogen) atoms. The van der Waals surface area contributed by atoms with Crippen LogP contribution in [0.25, 0.3) is 0 Å². The van der Waals surface area contributed by atoms with Gasteiger partial charge in [0.15, 0.2) is 0 Å². The Labute approximate surface area is 142 Å². The third-order valence-corrected chi connectivity index (χ3v) is 4.74. The van der Waals surface area contributed by atoms with E-state index in [1.54, 1.807) is 0 Å². The molecule has 3 nitrogen and oxygen atoms in total. The highest BCUT2D eigenvalue weighted by Gasteiger charge is 2.30. The van der Waals surface area contributed by atoms with E-state index < -0.39 is 0 Å². The van der Waals surface area contributed by atoms with Crippen LogP contribution >= 0.6 is 0 Å². The van der Waals surface area contributed by atoms with Crippen LogP contribution in [0.1, 0.15) is 57.9 Å². The highest BCUT2D eigenvalue weighted by atomic mass is 16.5. The molecule has 0 aromatic heterocycles. The van der Waals surface area contributed by atoms with Crippen LogP contribution in [0.4, 0.5) is 0 Å². The van der Waals surface area contributed by atoms with Crippen LogP contribution in [0, 0.1) is 5.92 Å². The fourth-order valence-corrected chi connectivity index (χ4v) is 3.74. The Balaban J connectivity index is 2.16. The number of ether oxygens (including phenoxy) is 1. The first kappa shape index (κ1) is 18.3. The predicted molar refractivity (Wildman–Crippen MR) is 98.1 cm³/mol. The van der Waals surface area contributed by atoms with Crippen molar-refractivity contribution in [1.82, 2.24) is 4.90 Å². The molecular weight excluding hydrogens is 284 g/mol. The van der Waals surface area contributed by atoms with E-state index in [1.165, 1.54) is 37.9 Å². The number of hydrogen-bond acceptors (Lipinski definition) is 3. The van der Waals surface area contributed by atoms with Crippen molar-refractivity contribution in [1.29, 1.82) is 0 Å². The van der Waals surface area contributed by atoms with Crippen LogP contribution < -0.4 is 10.5 Å². The summed E-state index contributed by atoms with van der Waals surface area (Å²) in [5.74, 6) is 2.08. The summed E-state index contributed by atoms with van der Waals surface area (Å²) in [6, 6.07) is 9.16. The average Bonchev–Trinajstić information content (AvgIpc) is 2.55. The van der Waals surface area contributed by atoms with Crippen LogP contribution in [0.5, 0.6) is 5.75 Å². The minimum absolute atomic E-state index is 0.402. The summed E-state index contributed by atoms with van der Waals surface area (Å²) in [4.78, 5) is 2.67. The number of likely N-dealkylation sites (tertiary alicyclic amines) is 1. The molecule has 1 aromatic rings. The van der Waals surface area contributed by atoms with Gasteiger partial charge in [0.1, 0.15) is 5.75 Å². The molecule has 1 aliphatic heterocycles. The van der Waals surface area contributed by atoms with Crippen LogP contribution in [0.15, 0.2) is 24.3 Å². The minimum Gasteiger partial charge on any atom is -0.494 e. The van der Waals surface area contributed by atoms with Gasteiger partial charge < -0.3 is 10.5 Å². The van der Waals surface area contributed by atoms with Gasteiger partial charge in [0.05, 0.1) is 6.61 Å². The standard InChI is InChI=1S/C20H34N2O/c1-4-12-23-18-9-7-8-17(13-18)19(14-21)20-10-5-6-11-22(20)15-16(2)3/h7-9,13,16,19-20H,4-6,10-12,14-15,21H2,1-3H3. The highest BCUT2D eigenvalue weighted by Crippen LogP contribution is 2.32. The second-order valence-electron chi connectivity index (χ2n) is 7.22. The van der Waals surface area contributed by atoms with E-state index in [4.69, 9.17) is 10.5 Å².